The maximum atomic E-state index is 12.8. The van der Waals surface area contributed by atoms with Crippen molar-refractivity contribution in [2.24, 2.45) is 0 Å². The van der Waals surface area contributed by atoms with Crippen molar-refractivity contribution in [2.45, 2.75) is 25.3 Å². The molecule has 1 aliphatic rings. The summed E-state index contributed by atoms with van der Waals surface area (Å²) in [5, 5.41) is 4.84. The highest BCUT2D eigenvalue weighted by molar-refractivity contribution is 7.10. The Balaban J connectivity index is 1.69. The van der Waals surface area contributed by atoms with Crippen LogP contribution >= 0.6 is 11.3 Å². The summed E-state index contributed by atoms with van der Waals surface area (Å²) >= 11 is 1.55. The lowest BCUT2D eigenvalue weighted by Gasteiger charge is -2.24. The van der Waals surface area contributed by atoms with Gasteiger partial charge in [-0.1, -0.05) is 6.07 Å². The van der Waals surface area contributed by atoms with Crippen molar-refractivity contribution in [3.8, 4) is 11.5 Å². The van der Waals surface area contributed by atoms with Crippen molar-refractivity contribution in [3.63, 3.8) is 0 Å². The highest BCUT2D eigenvalue weighted by Gasteiger charge is 2.34. The maximum Gasteiger partial charge on any atom is 0.247 e. The first-order chi connectivity index (χ1) is 12.6. The largest absolute Gasteiger partial charge is 0.497 e. The molecule has 0 saturated carbocycles. The van der Waals surface area contributed by atoms with Gasteiger partial charge in [0.05, 0.1) is 26.3 Å². The molecule has 1 aliphatic heterocycles. The topological polar surface area (TPSA) is 67.9 Å². The smallest absolute Gasteiger partial charge is 0.247 e. The second-order valence-electron chi connectivity index (χ2n) is 6.06. The molecule has 1 atom stereocenters. The van der Waals surface area contributed by atoms with Crippen molar-refractivity contribution in [2.75, 3.05) is 26.1 Å². The van der Waals surface area contributed by atoms with E-state index in [0.29, 0.717) is 36.6 Å². The molecule has 1 unspecified atom stereocenters. The number of ether oxygens (including phenoxy) is 2. The minimum absolute atomic E-state index is 0.00760. The molecule has 1 aromatic heterocycles. The first-order valence-electron chi connectivity index (χ1n) is 8.47. The molecule has 1 aromatic carbocycles. The van der Waals surface area contributed by atoms with E-state index in [1.165, 1.54) is 7.11 Å². The normalized spacial score (nSPS) is 16.4. The number of hydrogen-bond donors (Lipinski definition) is 1. The molecule has 1 N–H and O–H groups in total. The van der Waals surface area contributed by atoms with E-state index in [2.05, 4.69) is 5.32 Å². The summed E-state index contributed by atoms with van der Waals surface area (Å²) < 4.78 is 10.5. The first-order valence-corrected chi connectivity index (χ1v) is 9.35. The van der Waals surface area contributed by atoms with Gasteiger partial charge in [0.15, 0.2) is 0 Å². The molecule has 138 valence electrons. The Labute approximate surface area is 156 Å². The molecule has 2 heterocycles. The van der Waals surface area contributed by atoms with Crippen LogP contribution in [0.5, 0.6) is 11.5 Å². The van der Waals surface area contributed by atoms with Crippen LogP contribution < -0.4 is 14.8 Å². The van der Waals surface area contributed by atoms with E-state index in [-0.39, 0.29) is 11.8 Å². The van der Waals surface area contributed by atoms with E-state index in [4.69, 9.17) is 9.47 Å². The first kappa shape index (κ1) is 18.3. The van der Waals surface area contributed by atoms with Crippen molar-refractivity contribution in [3.05, 3.63) is 40.6 Å². The SMILES string of the molecule is COc1ccc(NC(=O)C2CCCN2C(=O)Cc2cccs2)c(OC)c1. The van der Waals surface area contributed by atoms with Crippen LogP contribution in [0.2, 0.25) is 0 Å². The summed E-state index contributed by atoms with van der Waals surface area (Å²) in [6.45, 7) is 0.613. The molecule has 2 aromatic rings. The minimum atomic E-state index is -0.450. The fourth-order valence-electron chi connectivity index (χ4n) is 3.12. The molecule has 0 bridgehead atoms. The average Bonchev–Trinajstić information content (AvgIpc) is 3.33. The Hall–Kier alpha value is -2.54. The van der Waals surface area contributed by atoms with Gasteiger partial charge in [0.1, 0.15) is 17.5 Å². The van der Waals surface area contributed by atoms with E-state index < -0.39 is 6.04 Å². The highest BCUT2D eigenvalue weighted by Crippen LogP contribution is 2.30. The molecular weight excluding hydrogens is 352 g/mol. The highest BCUT2D eigenvalue weighted by atomic mass is 32.1. The van der Waals surface area contributed by atoms with Crippen molar-refractivity contribution < 1.29 is 19.1 Å². The van der Waals surface area contributed by atoms with Crippen molar-refractivity contribution in [1.82, 2.24) is 4.90 Å². The Morgan fingerprint density at radius 2 is 2.12 bits per heavy atom. The molecule has 6 nitrogen and oxygen atoms in total. The molecule has 0 radical (unpaired) electrons. The fourth-order valence-corrected chi connectivity index (χ4v) is 3.82. The van der Waals surface area contributed by atoms with Gasteiger partial charge in [-0.2, -0.15) is 0 Å². The third kappa shape index (κ3) is 3.99. The molecule has 26 heavy (non-hydrogen) atoms. The number of nitrogens with zero attached hydrogens (tertiary/aromatic N) is 1. The monoisotopic (exact) mass is 374 g/mol. The number of benzene rings is 1. The number of likely N-dealkylation sites (tertiary alicyclic amines) is 1. The number of thiophene rings is 1. The van der Waals surface area contributed by atoms with Crippen LogP contribution in [0.4, 0.5) is 5.69 Å². The van der Waals surface area contributed by atoms with Crippen LogP contribution in [0.15, 0.2) is 35.7 Å². The number of amides is 2. The molecule has 0 spiro atoms. The van der Waals surface area contributed by atoms with Crippen molar-refractivity contribution >= 4 is 28.8 Å². The van der Waals surface area contributed by atoms with Gasteiger partial charge in [0.2, 0.25) is 11.8 Å². The molecule has 7 heteroatoms. The van der Waals surface area contributed by atoms with E-state index in [0.717, 1.165) is 11.3 Å². The number of carbonyl (C=O) groups is 2. The van der Waals surface area contributed by atoms with Crippen LogP contribution in [0.1, 0.15) is 17.7 Å². The van der Waals surface area contributed by atoms with Gasteiger partial charge in [-0.25, -0.2) is 0 Å². The molecule has 2 amide bonds. The number of rotatable bonds is 6. The Kier molecular flexibility index (Phi) is 5.78. The Morgan fingerprint density at radius 3 is 2.81 bits per heavy atom. The van der Waals surface area contributed by atoms with Crippen LogP contribution in [0, 0.1) is 0 Å². The standard InChI is InChI=1S/C19H22N2O4S/c1-24-13-7-8-15(17(11-13)25-2)20-19(23)16-6-3-9-21(16)18(22)12-14-5-4-10-26-14/h4-5,7-8,10-11,16H,3,6,9,12H2,1-2H3,(H,20,23). The minimum Gasteiger partial charge on any atom is -0.497 e. The lowest BCUT2D eigenvalue weighted by atomic mass is 10.2. The molecule has 3 rings (SSSR count). The van der Waals surface area contributed by atoms with Crippen LogP contribution in [0.25, 0.3) is 0 Å². The maximum absolute atomic E-state index is 12.8. The molecule has 1 fully saturated rings. The predicted octanol–water partition coefficient (Wildman–Crippen LogP) is 2.94. The number of methoxy groups -OCH3 is 2. The number of nitrogens with one attached hydrogen (secondary N) is 1. The number of hydrogen-bond acceptors (Lipinski definition) is 5. The fraction of sp³-hybridized carbons (Fsp3) is 0.368. The van der Waals surface area contributed by atoms with E-state index in [1.54, 1.807) is 41.5 Å². The number of carbonyl (C=O) groups excluding carboxylic acids is 2. The van der Waals surface area contributed by atoms with Crippen LogP contribution in [-0.4, -0.2) is 43.5 Å². The predicted molar refractivity (Wildman–Crippen MR) is 101 cm³/mol. The summed E-state index contributed by atoms with van der Waals surface area (Å²) in [7, 11) is 3.11. The van der Waals surface area contributed by atoms with Gasteiger partial charge < -0.3 is 19.7 Å². The summed E-state index contributed by atoms with van der Waals surface area (Å²) in [6.07, 6.45) is 1.84. The van der Waals surface area contributed by atoms with Gasteiger partial charge in [0, 0.05) is 17.5 Å². The zero-order chi connectivity index (χ0) is 18.5. The van der Waals surface area contributed by atoms with Gasteiger partial charge >= 0.3 is 0 Å². The summed E-state index contributed by atoms with van der Waals surface area (Å²) in [5.41, 5.74) is 0.566. The zero-order valence-electron chi connectivity index (χ0n) is 14.9. The Morgan fingerprint density at radius 1 is 1.27 bits per heavy atom. The molecular formula is C19H22N2O4S. The second kappa shape index (κ2) is 8.23. The van der Waals surface area contributed by atoms with Gasteiger partial charge in [-0.3, -0.25) is 9.59 Å². The van der Waals surface area contributed by atoms with E-state index in [9.17, 15) is 9.59 Å². The van der Waals surface area contributed by atoms with Gasteiger partial charge in [-0.15, -0.1) is 11.3 Å². The van der Waals surface area contributed by atoms with E-state index in [1.807, 2.05) is 17.5 Å². The summed E-state index contributed by atoms with van der Waals surface area (Å²) in [4.78, 5) is 28.1. The zero-order valence-corrected chi connectivity index (χ0v) is 15.7. The quantitative estimate of drug-likeness (QED) is 0.844. The van der Waals surface area contributed by atoms with Crippen LogP contribution in [0.3, 0.4) is 0 Å². The van der Waals surface area contributed by atoms with Gasteiger partial charge in [0.25, 0.3) is 0 Å². The van der Waals surface area contributed by atoms with E-state index >= 15 is 0 Å². The third-order valence-corrected chi connectivity index (χ3v) is 5.32. The Bertz CT molecular complexity index is 776. The van der Waals surface area contributed by atoms with Crippen LogP contribution in [-0.2, 0) is 16.0 Å². The lowest BCUT2D eigenvalue weighted by Crippen LogP contribution is -2.43. The third-order valence-electron chi connectivity index (χ3n) is 4.45. The summed E-state index contributed by atoms with van der Waals surface area (Å²) in [5.74, 6) is 0.970. The summed E-state index contributed by atoms with van der Waals surface area (Å²) in [6, 6.07) is 8.63. The van der Waals surface area contributed by atoms with Gasteiger partial charge in [-0.05, 0) is 36.4 Å². The molecule has 0 aliphatic carbocycles. The van der Waals surface area contributed by atoms with Crippen molar-refractivity contribution in [1.29, 1.82) is 0 Å². The number of anilines is 1. The average molecular weight is 374 g/mol. The molecule has 1 saturated heterocycles. The second-order valence-corrected chi connectivity index (χ2v) is 7.09. The lowest BCUT2D eigenvalue weighted by molar-refractivity contribution is -0.136.